The maximum Gasteiger partial charge on any atom is 0.306 e. The summed E-state index contributed by atoms with van der Waals surface area (Å²) in [5.41, 5.74) is 0. The van der Waals surface area contributed by atoms with Gasteiger partial charge >= 0.3 is 17.9 Å². The van der Waals surface area contributed by atoms with Crippen LogP contribution < -0.4 is 0 Å². The van der Waals surface area contributed by atoms with Crippen LogP contribution in [0.5, 0.6) is 0 Å². The molecule has 0 aliphatic carbocycles. The minimum absolute atomic E-state index is 0.126. The molecule has 6 nitrogen and oxygen atoms in total. The van der Waals surface area contributed by atoms with E-state index in [-0.39, 0.29) is 44.0 Å². The molecule has 0 aromatic rings. The van der Waals surface area contributed by atoms with E-state index in [1.54, 1.807) is 0 Å². The molecule has 0 heterocycles. The van der Waals surface area contributed by atoms with Crippen LogP contribution in [0.1, 0.15) is 181 Å². The zero-order valence-electron chi connectivity index (χ0n) is 43.9. The third-order valence-corrected chi connectivity index (χ3v) is 10.5. The van der Waals surface area contributed by atoms with Crippen LogP contribution in [0.3, 0.4) is 0 Å². The molecule has 0 aromatic heterocycles. The predicted molar refractivity (Wildman–Crippen MR) is 301 cm³/mol. The first kappa shape index (κ1) is 64.5. The molecule has 0 bridgehead atoms. The van der Waals surface area contributed by atoms with Crippen LogP contribution in [0.25, 0.3) is 0 Å². The van der Waals surface area contributed by atoms with E-state index >= 15 is 0 Å². The average Bonchev–Trinajstić information content (AvgIpc) is 3.36. The zero-order chi connectivity index (χ0) is 50.7. The van der Waals surface area contributed by atoms with E-state index in [0.717, 1.165) is 116 Å². The molecular formula is C64H94O6. The van der Waals surface area contributed by atoms with Gasteiger partial charge in [-0.15, -0.1) is 0 Å². The van der Waals surface area contributed by atoms with E-state index in [1.807, 2.05) is 97.2 Å². The number of hydrogen-bond acceptors (Lipinski definition) is 6. The van der Waals surface area contributed by atoms with E-state index < -0.39 is 6.10 Å². The van der Waals surface area contributed by atoms with Crippen LogP contribution in [0.4, 0.5) is 0 Å². The first-order valence-electron chi connectivity index (χ1n) is 27.0. The molecule has 0 rings (SSSR count). The van der Waals surface area contributed by atoms with Crippen LogP contribution in [0, 0.1) is 0 Å². The summed E-state index contributed by atoms with van der Waals surface area (Å²) in [6.45, 7) is 6.20. The normalized spacial score (nSPS) is 13.6. The topological polar surface area (TPSA) is 78.9 Å². The largest absolute Gasteiger partial charge is 0.462 e. The fraction of sp³-hybridized carbons (Fsp3) is 0.484. The van der Waals surface area contributed by atoms with Gasteiger partial charge in [-0.3, -0.25) is 14.4 Å². The molecule has 0 saturated carbocycles. The van der Waals surface area contributed by atoms with Crippen molar-refractivity contribution in [1.82, 2.24) is 0 Å². The smallest absolute Gasteiger partial charge is 0.306 e. The highest BCUT2D eigenvalue weighted by Crippen LogP contribution is 2.12. The van der Waals surface area contributed by atoms with Crippen molar-refractivity contribution in [3.63, 3.8) is 0 Å². The Morgan fingerprint density at radius 2 is 0.557 bits per heavy atom. The molecule has 0 aliphatic heterocycles. The lowest BCUT2D eigenvalue weighted by Crippen LogP contribution is -2.30. The number of allylic oxidation sites excluding steroid dienone is 30. The van der Waals surface area contributed by atoms with Crippen LogP contribution in [0.15, 0.2) is 182 Å². The predicted octanol–water partition coefficient (Wildman–Crippen LogP) is 18.1. The number of unbranched alkanes of at least 4 members (excludes halogenated alkanes) is 16. The highest BCUT2D eigenvalue weighted by molar-refractivity contribution is 5.71. The van der Waals surface area contributed by atoms with Gasteiger partial charge in [0.1, 0.15) is 13.2 Å². The third-order valence-electron chi connectivity index (χ3n) is 10.5. The van der Waals surface area contributed by atoms with Crippen molar-refractivity contribution < 1.29 is 28.6 Å². The van der Waals surface area contributed by atoms with Gasteiger partial charge < -0.3 is 14.2 Å². The fourth-order valence-electron chi connectivity index (χ4n) is 6.50. The van der Waals surface area contributed by atoms with Gasteiger partial charge in [-0.05, 0) is 83.5 Å². The van der Waals surface area contributed by atoms with Crippen molar-refractivity contribution in [1.29, 1.82) is 0 Å². The molecule has 70 heavy (non-hydrogen) atoms. The summed E-state index contributed by atoms with van der Waals surface area (Å²) in [6, 6.07) is 0. The number of hydrogen-bond donors (Lipinski definition) is 0. The van der Waals surface area contributed by atoms with Crippen LogP contribution >= 0.6 is 0 Å². The number of carbonyl (C=O) groups is 3. The van der Waals surface area contributed by atoms with Crippen molar-refractivity contribution in [2.75, 3.05) is 13.2 Å². The van der Waals surface area contributed by atoms with Crippen LogP contribution in [-0.4, -0.2) is 37.2 Å². The van der Waals surface area contributed by atoms with Crippen molar-refractivity contribution in [3.05, 3.63) is 182 Å². The molecule has 6 heteroatoms. The number of esters is 3. The summed E-state index contributed by atoms with van der Waals surface area (Å²) in [6.07, 6.45) is 84.3. The van der Waals surface area contributed by atoms with Crippen LogP contribution in [-0.2, 0) is 28.6 Å². The second-order valence-electron chi connectivity index (χ2n) is 17.0. The molecule has 0 N–H and O–H groups in total. The summed E-state index contributed by atoms with van der Waals surface area (Å²) in [5.74, 6) is -1.03. The molecule has 386 valence electrons. The molecular weight excluding hydrogens is 865 g/mol. The standard InChI is InChI=1S/C64H94O6/c1-4-7-10-13-16-19-22-25-28-30-32-34-36-39-42-45-48-51-54-57-63(66)69-60-61(59-68-62(65)56-53-50-47-44-41-38-35-27-24-21-18-15-12-9-6-3)70-64(67)58-55-52-49-46-43-40-37-33-31-29-26-23-20-17-14-11-8-5-2/h7,9-10,12-13,15-37,39,42,61H,4-6,8,11,14,38,40-41,43-60H2,1-3H3/b10-7-,12-9-,16-13-,18-15-,20-17-,22-19-,24-21-,26-23-,28-25-,31-29-,32-30+,35-27-,36-34-,37-33-,42-39-. The molecule has 0 radical (unpaired) electrons. The van der Waals surface area contributed by atoms with Crippen molar-refractivity contribution in [3.8, 4) is 0 Å². The summed E-state index contributed by atoms with van der Waals surface area (Å²) in [5, 5.41) is 0. The van der Waals surface area contributed by atoms with Gasteiger partial charge in [0.15, 0.2) is 6.10 Å². The van der Waals surface area contributed by atoms with Gasteiger partial charge in [-0.1, -0.05) is 261 Å². The summed E-state index contributed by atoms with van der Waals surface area (Å²) >= 11 is 0. The lowest BCUT2D eigenvalue weighted by Gasteiger charge is -2.18. The third kappa shape index (κ3) is 53.5. The van der Waals surface area contributed by atoms with Gasteiger partial charge in [0, 0.05) is 19.3 Å². The Hall–Kier alpha value is -5.49. The molecule has 1 unspecified atom stereocenters. The minimum Gasteiger partial charge on any atom is -0.462 e. The lowest BCUT2D eigenvalue weighted by atomic mass is 10.1. The molecule has 0 aliphatic rings. The van der Waals surface area contributed by atoms with Gasteiger partial charge in [0.25, 0.3) is 0 Å². The highest BCUT2D eigenvalue weighted by atomic mass is 16.6. The van der Waals surface area contributed by atoms with Gasteiger partial charge in [-0.2, -0.15) is 0 Å². The molecule has 0 spiro atoms. The van der Waals surface area contributed by atoms with E-state index in [1.165, 1.54) is 19.3 Å². The van der Waals surface area contributed by atoms with E-state index in [0.29, 0.717) is 12.8 Å². The Kier molecular flexibility index (Phi) is 51.7. The Morgan fingerprint density at radius 1 is 0.300 bits per heavy atom. The Bertz CT molecular complexity index is 1720. The van der Waals surface area contributed by atoms with E-state index in [9.17, 15) is 14.4 Å². The average molecular weight is 959 g/mol. The monoisotopic (exact) mass is 959 g/mol. The Balaban J connectivity index is 4.64. The molecule has 0 saturated heterocycles. The van der Waals surface area contributed by atoms with Gasteiger partial charge in [0.2, 0.25) is 0 Å². The molecule has 1 atom stereocenters. The summed E-state index contributed by atoms with van der Waals surface area (Å²) in [7, 11) is 0. The lowest BCUT2D eigenvalue weighted by molar-refractivity contribution is -0.167. The van der Waals surface area contributed by atoms with Gasteiger partial charge in [0.05, 0.1) is 0 Å². The molecule has 0 amide bonds. The first-order chi connectivity index (χ1) is 34.5. The number of carbonyl (C=O) groups excluding carboxylic acids is 3. The Morgan fingerprint density at radius 3 is 0.886 bits per heavy atom. The van der Waals surface area contributed by atoms with E-state index in [2.05, 4.69) is 106 Å². The van der Waals surface area contributed by atoms with Crippen molar-refractivity contribution in [2.45, 2.75) is 187 Å². The number of rotatable bonds is 45. The second-order valence-corrected chi connectivity index (χ2v) is 17.0. The van der Waals surface area contributed by atoms with E-state index in [4.69, 9.17) is 14.2 Å². The second kappa shape index (κ2) is 56.1. The Labute approximate surface area is 427 Å². The van der Waals surface area contributed by atoms with Gasteiger partial charge in [-0.25, -0.2) is 0 Å². The maximum atomic E-state index is 12.8. The van der Waals surface area contributed by atoms with Crippen molar-refractivity contribution in [2.24, 2.45) is 0 Å². The molecule has 0 aromatic carbocycles. The molecule has 0 fully saturated rings. The minimum atomic E-state index is -0.832. The first-order valence-corrected chi connectivity index (χ1v) is 27.0. The quantitative estimate of drug-likeness (QED) is 0.0262. The van der Waals surface area contributed by atoms with Crippen molar-refractivity contribution >= 4 is 17.9 Å². The SMILES string of the molecule is CC\C=C/C=C\C=C/C=C\C=C\C=C/C=C\CCCCCC(=O)OCC(COC(=O)CCCCCCC\C=C/C=C\C=C/C=C\CC)OC(=O)CCCCCCC\C=C/C=C\C=C/C=C\CCCCC. The maximum absolute atomic E-state index is 12.8. The highest BCUT2D eigenvalue weighted by Gasteiger charge is 2.19. The fourth-order valence-corrected chi connectivity index (χ4v) is 6.50. The zero-order valence-corrected chi connectivity index (χ0v) is 43.9. The van der Waals surface area contributed by atoms with Crippen LogP contribution in [0.2, 0.25) is 0 Å². The summed E-state index contributed by atoms with van der Waals surface area (Å²) < 4.78 is 16.8. The summed E-state index contributed by atoms with van der Waals surface area (Å²) in [4.78, 5) is 38.1. The number of ether oxygens (including phenoxy) is 3.